The molecule has 152 valence electrons. The van der Waals surface area contributed by atoms with Crippen LogP contribution in [0, 0.1) is 5.92 Å². The Morgan fingerprint density at radius 1 is 0.867 bits per heavy atom. The highest BCUT2D eigenvalue weighted by molar-refractivity contribution is 6.31. The predicted octanol–water partition coefficient (Wildman–Crippen LogP) is 5.43. The number of carbonyl (C=O) groups is 2. The van der Waals surface area contributed by atoms with E-state index in [1.54, 1.807) is 30.3 Å². The predicted molar refractivity (Wildman–Crippen MR) is 121 cm³/mol. The lowest BCUT2D eigenvalue weighted by Crippen LogP contribution is -2.38. The molecule has 1 aliphatic heterocycles. The monoisotopic (exact) mass is 418 g/mol. The number of ketones is 1. The molecule has 4 rings (SSSR count). The second-order valence-electron chi connectivity index (χ2n) is 7.47. The van der Waals surface area contributed by atoms with Gasteiger partial charge in [0.2, 0.25) is 5.91 Å². The molecule has 5 heteroatoms. The third-order valence-electron chi connectivity index (χ3n) is 5.51. The van der Waals surface area contributed by atoms with E-state index in [-0.39, 0.29) is 17.6 Å². The molecule has 1 fully saturated rings. The number of hydrogen-bond donors (Lipinski definition) is 1. The Balaban J connectivity index is 1.46. The highest BCUT2D eigenvalue weighted by Gasteiger charge is 2.26. The molecule has 0 spiro atoms. The van der Waals surface area contributed by atoms with Crippen molar-refractivity contribution in [1.82, 2.24) is 0 Å². The second kappa shape index (κ2) is 9.14. The summed E-state index contributed by atoms with van der Waals surface area (Å²) in [5, 5.41) is 3.44. The van der Waals surface area contributed by atoms with Crippen LogP contribution in [-0.4, -0.2) is 24.8 Å². The molecule has 4 nitrogen and oxygen atoms in total. The van der Waals surface area contributed by atoms with Gasteiger partial charge in [0.15, 0.2) is 5.78 Å². The first-order chi connectivity index (χ1) is 14.6. The number of nitrogens with zero attached hydrogens (tertiary/aromatic N) is 1. The van der Waals surface area contributed by atoms with Crippen molar-refractivity contribution in [3.63, 3.8) is 0 Å². The number of amides is 1. The van der Waals surface area contributed by atoms with Gasteiger partial charge in [0.1, 0.15) is 0 Å². The van der Waals surface area contributed by atoms with Gasteiger partial charge in [-0.2, -0.15) is 0 Å². The Morgan fingerprint density at radius 2 is 1.50 bits per heavy atom. The fourth-order valence-electron chi connectivity index (χ4n) is 3.83. The lowest BCUT2D eigenvalue weighted by atomic mass is 9.95. The molecule has 3 aromatic rings. The van der Waals surface area contributed by atoms with E-state index in [2.05, 4.69) is 22.3 Å². The van der Waals surface area contributed by atoms with Crippen LogP contribution in [0.4, 0.5) is 11.4 Å². The average molecular weight is 419 g/mol. The molecular weight excluding hydrogens is 396 g/mol. The number of rotatable bonds is 5. The van der Waals surface area contributed by atoms with E-state index in [4.69, 9.17) is 11.6 Å². The van der Waals surface area contributed by atoms with Gasteiger partial charge >= 0.3 is 0 Å². The summed E-state index contributed by atoms with van der Waals surface area (Å²) in [6, 6.07) is 24.3. The summed E-state index contributed by atoms with van der Waals surface area (Å²) in [6.07, 6.45) is 1.55. The molecule has 1 aliphatic rings. The fraction of sp³-hybridized carbons (Fsp3) is 0.200. The van der Waals surface area contributed by atoms with Gasteiger partial charge < -0.3 is 10.2 Å². The maximum absolute atomic E-state index is 13.0. The molecule has 3 aromatic carbocycles. The molecule has 0 atom stereocenters. The van der Waals surface area contributed by atoms with Crippen molar-refractivity contribution in [1.29, 1.82) is 0 Å². The van der Waals surface area contributed by atoms with Crippen molar-refractivity contribution in [3.8, 4) is 0 Å². The van der Waals surface area contributed by atoms with Gasteiger partial charge in [-0.05, 0) is 43.2 Å². The van der Waals surface area contributed by atoms with E-state index < -0.39 is 0 Å². The van der Waals surface area contributed by atoms with Crippen LogP contribution >= 0.6 is 11.6 Å². The normalized spacial score (nSPS) is 14.4. The van der Waals surface area contributed by atoms with Crippen LogP contribution in [0.3, 0.4) is 0 Å². The van der Waals surface area contributed by atoms with Gasteiger partial charge in [0.05, 0.1) is 5.69 Å². The van der Waals surface area contributed by atoms with Crippen LogP contribution in [0.15, 0.2) is 78.9 Å². The standard InChI is InChI=1S/C25H23ClN2O2/c26-20-11-12-23(22(17-20)24(29)18-7-3-1-4-8-18)27-25(30)19-13-15-28(16-14-19)21-9-5-2-6-10-21/h1-12,17,19H,13-16H2,(H,27,30). The lowest BCUT2D eigenvalue weighted by Gasteiger charge is -2.33. The number of halogens is 1. The summed E-state index contributed by atoms with van der Waals surface area (Å²) < 4.78 is 0. The molecular formula is C25H23ClN2O2. The van der Waals surface area contributed by atoms with Crippen LogP contribution in [0.5, 0.6) is 0 Å². The SMILES string of the molecule is O=C(c1ccccc1)c1cc(Cl)ccc1NC(=O)C1CCN(c2ccccc2)CC1. The van der Waals surface area contributed by atoms with Crippen LogP contribution in [0.25, 0.3) is 0 Å². The molecule has 1 heterocycles. The first-order valence-electron chi connectivity index (χ1n) is 10.1. The van der Waals surface area contributed by atoms with Crippen molar-refractivity contribution in [2.45, 2.75) is 12.8 Å². The Labute approximate surface area is 181 Å². The molecule has 0 radical (unpaired) electrons. The molecule has 0 aromatic heterocycles. The Hall–Kier alpha value is -3.11. The Morgan fingerprint density at radius 3 is 2.17 bits per heavy atom. The summed E-state index contributed by atoms with van der Waals surface area (Å²) in [4.78, 5) is 28.2. The number of carbonyl (C=O) groups excluding carboxylic acids is 2. The highest BCUT2D eigenvalue weighted by Crippen LogP contribution is 2.27. The van der Waals surface area contributed by atoms with Crippen molar-refractivity contribution in [2.75, 3.05) is 23.3 Å². The Bertz CT molecular complexity index is 1030. The topological polar surface area (TPSA) is 49.4 Å². The zero-order valence-electron chi connectivity index (χ0n) is 16.6. The summed E-state index contributed by atoms with van der Waals surface area (Å²) >= 11 is 6.14. The zero-order valence-corrected chi connectivity index (χ0v) is 17.3. The molecule has 0 aliphatic carbocycles. The number of anilines is 2. The van der Waals surface area contributed by atoms with Gasteiger partial charge in [-0.3, -0.25) is 9.59 Å². The second-order valence-corrected chi connectivity index (χ2v) is 7.91. The third-order valence-corrected chi connectivity index (χ3v) is 5.74. The number of nitrogens with one attached hydrogen (secondary N) is 1. The van der Waals surface area contributed by atoms with Crippen molar-refractivity contribution >= 4 is 34.7 Å². The van der Waals surface area contributed by atoms with Crippen LogP contribution < -0.4 is 10.2 Å². The van der Waals surface area contributed by atoms with Gasteiger partial charge in [-0.1, -0.05) is 60.1 Å². The van der Waals surface area contributed by atoms with E-state index in [0.29, 0.717) is 21.8 Å². The molecule has 1 amide bonds. The molecule has 0 unspecified atom stereocenters. The van der Waals surface area contributed by atoms with E-state index in [9.17, 15) is 9.59 Å². The maximum atomic E-state index is 13.0. The maximum Gasteiger partial charge on any atom is 0.227 e. The number of piperidine rings is 1. The van der Waals surface area contributed by atoms with Gasteiger partial charge in [0.25, 0.3) is 0 Å². The number of benzene rings is 3. The molecule has 30 heavy (non-hydrogen) atoms. The summed E-state index contributed by atoms with van der Waals surface area (Å²) in [6.45, 7) is 1.66. The lowest BCUT2D eigenvalue weighted by molar-refractivity contribution is -0.120. The van der Waals surface area contributed by atoms with E-state index >= 15 is 0 Å². The van der Waals surface area contributed by atoms with Crippen molar-refractivity contribution < 1.29 is 9.59 Å². The Kier molecular flexibility index (Phi) is 6.15. The van der Waals surface area contributed by atoms with Gasteiger partial charge in [-0.25, -0.2) is 0 Å². The van der Waals surface area contributed by atoms with E-state index in [0.717, 1.165) is 25.9 Å². The van der Waals surface area contributed by atoms with Crippen LogP contribution in [-0.2, 0) is 4.79 Å². The minimum absolute atomic E-state index is 0.0489. The van der Waals surface area contributed by atoms with E-state index in [1.165, 1.54) is 5.69 Å². The van der Waals surface area contributed by atoms with Gasteiger partial charge in [0, 0.05) is 40.8 Å². The quantitative estimate of drug-likeness (QED) is 0.562. The van der Waals surface area contributed by atoms with E-state index in [1.807, 2.05) is 36.4 Å². The largest absolute Gasteiger partial charge is 0.371 e. The van der Waals surface area contributed by atoms with Crippen LogP contribution in [0.1, 0.15) is 28.8 Å². The zero-order chi connectivity index (χ0) is 20.9. The first-order valence-corrected chi connectivity index (χ1v) is 10.5. The van der Waals surface area contributed by atoms with Gasteiger partial charge in [-0.15, -0.1) is 0 Å². The van der Waals surface area contributed by atoms with Crippen LogP contribution in [0.2, 0.25) is 5.02 Å². The summed E-state index contributed by atoms with van der Waals surface area (Å²) in [5.41, 5.74) is 2.66. The summed E-state index contributed by atoms with van der Waals surface area (Å²) in [7, 11) is 0. The molecule has 1 saturated heterocycles. The fourth-order valence-corrected chi connectivity index (χ4v) is 4.00. The smallest absolute Gasteiger partial charge is 0.227 e. The minimum atomic E-state index is -0.160. The van der Waals surface area contributed by atoms with Crippen molar-refractivity contribution in [3.05, 3.63) is 95.0 Å². The molecule has 0 saturated carbocycles. The number of para-hydroxylation sites is 1. The summed E-state index contributed by atoms with van der Waals surface area (Å²) in [5.74, 6) is -0.292. The number of hydrogen-bond acceptors (Lipinski definition) is 3. The first kappa shape index (κ1) is 20.2. The average Bonchev–Trinajstić information content (AvgIpc) is 2.81. The highest BCUT2D eigenvalue weighted by atomic mass is 35.5. The molecule has 1 N–H and O–H groups in total. The molecule has 0 bridgehead atoms. The van der Waals surface area contributed by atoms with Crippen molar-refractivity contribution in [2.24, 2.45) is 5.92 Å². The minimum Gasteiger partial charge on any atom is -0.371 e. The third kappa shape index (κ3) is 4.55.